The minimum absolute atomic E-state index is 0.573. The quantitative estimate of drug-likeness (QED) is 0.788. The van der Waals surface area contributed by atoms with Crippen molar-refractivity contribution in [2.75, 3.05) is 17.2 Å². The van der Waals surface area contributed by atoms with Crippen LogP contribution in [0.15, 0.2) is 6.33 Å². The Balaban J connectivity index is 2.19. The van der Waals surface area contributed by atoms with Crippen LogP contribution in [0.5, 0.6) is 0 Å². The maximum Gasteiger partial charge on any atom is 0.134 e. The first-order valence-corrected chi connectivity index (χ1v) is 8.64. The molecule has 0 saturated heterocycles. The summed E-state index contributed by atoms with van der Waals surface area (Å²) < 4.78 is 0. The van der Waals surface area contributed by atoms with E-state index in [-0.39, 0.29) is 0 Å². The van der Waals surface area contributed by atoms with Crippen molar-refractivity contribution >= 4 is 11.6 Å². The van der Waals surface area contributed by atoms with Gasteiger partial charge in [0, 0.05) is 18.2 Å². The first kappa shape index (κ1) is 16.1. The molecule has 1 fully saturated rings. The maximum atomic E-state index is 4.54. The van der Waals surface area contributed by atoms with Crippen molar-refractivity contribution in [1.82, 2.24) is 9.97 Å². The lowest BCUT2D eigenvalue weighted by Crippen LogP contribution is -2.32. The van der Waals surface area contributed by atoms with Gasteiger partial charge in [-0.2, -0.15) is 0 Å². The average Bonchev–Trinajstić information content (AvgIpc) is 2.51. The van der Waals surface area contributed by atoms with Gasteiger partial charge in [0.1, 0.15) is 18.0 Å². The lowest BCUT2D eigenvalue weighted by Gasteiger charge is -2.32. The second kappa shape index (κ2) is 8.20. The molecule has 21 heavy (non-hydrogen) atoms. The van der Waals surface area contributed by atoms with Gasteiger partial charge in [-0.25, -0.2) is 9.97 Å². The highest BCUT2D eigenvalue weighted by Crippen LogP contribution is 2.31. The molecule has 1 saturated carbocycles. The smallest absolute Gasteiger partial charge is 0.134 e. The first-order chi connectivity index (χ1) is 10.3. The summed E-state index contributed by atoms with van der Waals surface area (Å²) >= 11 is 0. The molecule has 1 heterocycles. The van der Waals surface area contributed by atoms with Crippen LogP contribution in [0.2, 0.25) is 0 Å². The Hall–Kier alpha value is -1.32. The van der Waals surface area contributed by atoms with Crippen molar-refractivity contribution in [3.63, 3.8) is 0 Å². The van der Waals surface area contributed by atoms with Gasteiger partial charge in [-0.15, -0.1) is 0 Å². The van der Waals surface area contributed by atoms with Gasteiger partial charge in [-0.3, -0.25) is 0 Å². The third-order valence-electron chi connectivity index (χ3n) is 4.55. The monoisotopic (exact) mass is 290 g/mol. The fraction of sp³-hybridized carbons (Fsp3) is 0.765. The Bertz CT molecular complexity index is 433. The third kappa shape index (κ3) is 4.08. The molecule has 1 aromatic rings. The van der Waals surface area contributed by atoms with Gasteiger partial charge in [-0.1, -0.05) is 39.5 Å². The first-order valence-electron chi connectivity index (χ1n) is 8.64. The third-order valence-corrected chi connectivity index (χ3v) is 4.55. The summed E-state index contributed by atoms with van der Waals surface area (Å²) in [5.41, 5.74) is 1.25. The van der Waals surface area contributed by atoms with E-state index in [9.17, 15) is 0 Å². The molecule has 4 nitrogen and oxygen atoms in total. The van der Waals surface area contributed by atoms with Gasteiger partial charge in [-0.05, 0) is 32.1 Å². The predicted octanol–water partition coefficient (Wildman–Crippen LogP) is 4.24. The Morgan fingerprint density at radius 1 is 1.10 bits per heavy atom. The van der Waals surface area contributed by atoms with Crippen LogP contribution >= 0.6 is 0 Å². The van der Waals surface area contributed by atoms with Crippen LogP contribution in [0, 0.1) is 5.92 Å². The fourth-order valence-corrected chi connectivity index (χ4v) is 3.41. The highest BCUT2D eigenvalue weighted by Gasteiger charge is 2.25. The SMILES string of the molecule is CCCc1c(NCC)ncnc1NC1CCCCC1CC. The lowest BCUT2D eigenvalue weighted by molar-refractivity contribution is 0.316. The fourth-order valence-electron chi connectivity index (χ4n) is 3.41. The molecule has 1 aliphatic carbocycles. The van der Waals surface area contributed by atoms with Crippen molar-refractivity contribution in [3.05, 3.63) is 11.9 Å². The highest BCUT2D eigenvalue weighted by molar-refractivity contribution is 5.57. The van der Waals surface area contributed by atoms with Gasteiger partial charge >= 0.3 is 0 Å². The topological polar surface area (TPSA) is 49.8 Å². The van der Waals surface area contributed by atoms with Crippen LogP contribution in [0.4, 0.5) is 11.6 Å². The molecule has 0 bridgehead atoms. The molecule has 1 aliphatic rings. The largest absolute Gasteiger partial charge is 0.370 e. The summed E-state index contributed by atoms with van der Waals surface area (Å²) in [6.07, 6.45) is 10.4. The number of rotatable bonds is 7. The van der Waals surface area contributed by atoms with Crippen molar-refractivity contribution < 1.29 is 0 Å². The molecule has 2 atom stereocenters. The summed E-state index contributed by atoms with van der Waals surface area (Å²) in [5.74, 6) is 2.83. The van der Waals surface area contributed by atoms with E-state index in [1.807, 2.05) is 0 Å². The van der Waals surface area contributed by atoms with E-state index in [2.05, 4.69) is 41.4 Å². The van der Waals surface area contributed by atoms with Gasteiger partial charge in [0.05, 0.1) is 0 Å². The molecule has 2 rings (SSSR count). The number of anilines is 2. The molecule has 0 aliphatic heterocycles. The molecule has 0 radical (unpaired) electrons. The maximum absolute atomic E-state index is 4.54. The van der Waals surface area contributed by atoms with Crippen LogP contribution in [-0.4, -0.2) is 22.6 Å². The van der Waals surface area contributed by atoms with E-state index in [4.69, 9.17) is 0 Å². The summed E-state index contributed by atoms with van der Waals surface area (Å²) in [4.78, 5) is 8.96. The summed E-state index contributed by atoms with van der Waals surface area (Å²) in [7, 11) is 0. The van der Waals surface area contributed by atoms with E-state index in [1.54, 1.807) is 6.33 Å². The van der Waals surface area contributed by atoms with Crippen LogP contribution in [0.3, 0.4) is 0 Å². The van der Waals surface area contributed by atoms with Gasteiger partial charge in [0.25, 0.3) is 0 Å². The van der Waals surface area contributed by atoms with Gasteiger partial charge in [0.15, 0.2) is 0 Å². The molecule has 2 unspecified atom stereocenters. The molecule has 0 spiro atoms. The summed E-state index contributed by atoms with van der Waals surface area (Å²) in [6, 6.07) is 0.573. The minimum Gasteiger partial charge on any atom is -0.370 e. The minimum atomic E-state index is 0.573. The van der Waals surface area contributed by atoms with Crippen LogP contribution in [0.25, 0.3) is 0 Å². The number of hydrogen-bond donors (Lipinski definition) is 2. The Morgan fingerprint density at radius 2 is 1.86 bits per heavy atom. The predicted molar refractivity (Wildman–Crippen MR) is 89.9 cm³/mol. The molecule has 0 amide bonds. The zero-order valence-corrected chi connectivity index (χ0v) is 13.8. The van der Waals surface area contributed by atoms with E-state index in [0.29, 0.717) is 6.04 Å². The Kier molecular flexibility index (Phi) is 6.27. The lowest BCUT2D eigenvalue weighted by atomic mass is 9.83. The van der Waals surface area contributed by atoms with E-state index in [1.165, 1.54) is 37.7 Å². The zero-order valence-electron chi connectivity index (χ0n) is 13.8. The normalized spacial score (nSPS) is 22.0. The molecular formula is C17H30N4. The standard InChI is InChI=1S/C17H30N4/c1-4-9-14-16(18-6-3)19-12-20-17(14)21-15-11-8-7-10-13(15)5-2/h12-13,15H,4-11H2,1-3H3,(H2,18,19,20,21). The van der Waals surface area contributed by atoms with Gasteiger partial charge in [0.2, 0.25) is 0 Å². The molecule has 2 N–H and O–H groups in total. The molecule has 118 valence electrons. The number of aromatic nitrogens is 2. The van der Waals surface area contributed by atoms with Crippen LogP contribution < -0.4 is 10.6 Å². The van der Waals surface area contributed by atoms with E-state index >= 15 is 0 Å². The molecule has 0 aromatic carbocycles. The van der Waals surface area contributed by atoms with Crippen LogP contribution in [0.1, 0.15) is 64.9 Å². The molecular weight excluding hydrogens is 260 g/mol. The zero-order chi connectivity index (χ0) is 15.1. The van der Waals surface area contributed by atoms with Crippen molar-refractivity contribution in [1.29, 1.82) is 0 Å². The van der Waals surface area contributed by atoms with E-state index < -0.39 is 0 Å². The van der Waals surface area contributed by atoms with Gasteiger partial charge < -0.3 is 10.6 Å². The number of nitrogens with one attached hydrogen (secondary N) is 2. The second-order valence-electron chi connectivity index (χ2n) is 6.03. The van der Waals surface area contributed by atoms with Crippen molar-refractivity contribution in [2.24, 2.45) is 5.92 Å². The number of hydrogen-bond acceptors (Lipinski definition) is 4. The van der Waals surface area contributed by atoms with Crippen molar-refractivity contribution in [2.45, 2.75) is 71.8 Å². The Labute approximate surface area is 129 Å². The second-order valence-corrected chi connectivity index (χ2v) is 6.03. The summed E-state index contributed by atoms with van der Waals surface area (Å²) in [5, 5.41) is 7.12. The van der Waals surface area contributed by atoms with E-state index in [0.717, 1.165) is 36.9 Å². The highest BCUT2D eigenvalue weighted by atomic mass is 15.1. The summed E-state index contributed by atoms with van der Waals surface area (Å²) in [6.45, 7) is 7.52. The number of nitrogens with zero attached hydrogens (tertiary/aromatic N) is 2. The Morgan fingerprint density at radius 3 is 2.57 bits per heavy atom. The molecule has 1 aromatic heterocycles. The van der Waals surface area contributed by atoms with Crippen LogP contribution in [-0.2, 0) is 6.42 Å². The average molecular weight is 290 g/mol. The molecule has 4 heteroatoms. The van der Waals surface area contributed by atoms with Crippen molar-refractivity contribution in [3.8, 4) is 0 Å².